The van der Waals surface area contributed by atoms with Crippen LogP contribution in [0, 0.1) is 0 Å². The highest BCUT2D eigenvalue weighted by molar-refractivity contribution is 7.47. The summed E-state index contributed by atoms with van der Waals surface area (Å²) in [5, 5.41) is 22.0. The fraction of sp³-hybridized carbons (Fsp3) is 0.772. The van der Waals surface area contributed by atoms with Crippen molar-refractivity contribution in [2.24, 2.45) is 0 Å². The Morgan fingerprint density at radius 2 is 0.841 bits per heavy atom. The number of aliphatic carboxylic acids is 1. The fourth-order valence-electron chi connectivity index (χ4n) is 7.82. The second-order valence-electron chi connectivity index (χ2n) is 18.8. The van der Waals surface area contributed by atoms with Crippen molar-refractivity contribution in [1.29, 1.82) is 0 Å². The van der Waals surface area contributed by atoms with Crippen molar-refractivity contribution < 1.29 is 47.8 Å². The van der Waals surface area contributed by atoms with Crippen LogP contribution in [0.2, 0.25) is 0 Å². The molecule has 0 saturated carbocycles. The van der Waals surface area contributed by atoms with Crippen molar-refractivity contribution >= 4 is 25.7 Å². The third kappa shape index (κ3) is 51.4. The highest BCUT2D eigenvalue weighted by Crippen LogP contribution is 2.43. The van der Waals surface area contributed by atoms with Crippen LogP contribution in [0.15, 0.2) is 60.8 Å². The lowest BCUT2D eigenvalue weighted by Crippen LogP contribution is -2.43. The number of amides is 1. The van der Waals surface area contributed by atoms with E-state index in [0.717, 1.165) is 83.5 Å². The second-order valence-corrected chi connectivity index (χ2v) is 20.2. The van der Waals surface area contributed by atoms with Gasteiger partial charge in [0.2, 0.25) is 5.91 Å². The smallest absolute Gasteiger partial charge is 0.472 e. The Bertz CT molecular complexity index is 1400. The van der Waals surface area contributed by atoms with Gasteiger partial charge in [0.05, 0.1) is 13.2 Å². The topological polar surface area (TPSA) is 169 Å². The number of esters is 1. The van der Waals surface area contributed by atoms with Crippen LogP contribution in [0.4, 0.5) is 0 Å². The minimum atomic E-state index is -4.77. The molecule has 0 rings (SSSR count). The van der Waals surface area contributed by atoms with Crippen LogP contribution in [0.5, 0.6) is 0 Å². The van der Waals surface area contributed by atoms with E-state index in [4.69, 9.17) is 13.8 Å². The number of unbranched alkanes of at least 4 members (excludes halogenated alkanes) is 28. The molecule has 4 N–H and O–H groups in total. The number of phosphoric ester groups is 1. The molecule has 11 nitrogen and oxygen atoms in total. The summed E-state index contributed by atoms with van der Waals surface area (Å²) in [5.74, 6) is -2.38. The summed E-state index contributed by atoms with van der Waals surface area (Å²) >= 11 is 0. The number of phosphoric acid groups is 1. The van der Waals surface area contributed by atoms with E-state index < -0.39 is 57.6 Å². The summed E-state index contributed by atoms with van der Waals surface area (Å²) in [6.07, 6.45) is 62.5. The minimum absolute atomic E-state index is 0.146. The molecule has 0 aliphatic carbocycles. The zero-order valence-corrected chi connectivity index (χ0v) is 44.8. The van der Waals surface area contributed by atoms with Crippen molar-refractivity contribution in [3.63, 3.8) is 0 Å². The maximum Gasteiger partial charge on any atom is 0.472 e. The molecule has 0 aliphatic rings. The number of allylic oxidation sites excluding steroid dienone is 10. The number of rotatable bonds is 52. The molecule has 3 unspecified atom stereocenters. The quantitative estimate of drug-likeness (QED) is 0.0199. The van der Waals surface area contributed by atoms with Crippen LogP contribution in [0.1, 0.15) is 251 Å². The monoisotopic (exact) mass is 992 g/mol. The van der Waals surface area contributed by atoms with Gasteiger partial charge in [0, 0.05) is 12.8 Å². The first-order valence-electron chi connectivity index (χ1n) is 27.8. The average Bonchev–Trinajstić information content (AvgIpc) is 3.33. The fourth-order valence-corrected chi connectivity index (χ4v) is 8.59. The van der Waals surface area contributed by atoms with E-state index in [-0.39, 0.29) is 12.8 Å². The van der Waals surface area contributed by atoms with Gasteiger partial charge in [-0.2, -0.15) is 0 Å². The second kappa shape index (κ2) is 51.5. The number of ether oxygens (including phenoxy) is 1. The molecule has 0 spiro atoms. The number of carboxylic acid groups (broad SMARTS) is 1. The molecule has 0 radical (unpaired) electrons. The maximum absolute atomic E-state index is 12.4. The van der Waals surface area contributed by atoms with Gasteiger partial charge in [-0.25, -0.2) is 9.36 Å². The van der Waals surface area contributed by atoms with Crippen LogP contribution < -0.4 is 5.32 Å². The predicted octanol–water partition coefficient (Wildman–Crippen LogP) is 15.8. The van der Waals surface area contributed by atoms with Gasteiger partial charge in [-0.3, -0.25) is 18.6 Å². The normalized spacial score (nSPS) is 13.9. The van der Waals surface area contributed by atoms with Crippen molar-refractivity contribution in [1.82, 2.24) is 5.32 Å². The molecule has 0 aromatic carbocycles. The lowest BCUT2D eigenvalue weighted by Gasteiger charge is -2.18. The van der Waals surface area contributed by atoms with Crippen LogP contribution in [0.3, 0.4) is 0 Å². The van der Waals surface area contributed by atoms with Gasteiger partial charge in [0.1, 0.15) is 12.7 Å². The van der Waals surface area contributed by atoms with Gasteiger partial charge in [-0.15, -0.1) is 0 Å². The Kier molecular flexibility index (Phi) is 49.4. The number of aliphatic hydroxyl groups excluding tert-OH is 1. The maximum atomic E-state index is 12.4. The summed E-state index contributed by atoms with van der Waals surface area (Å²) in [6, 6.07) is -1.55. The summed E-state index contributed by atoms with van der Waals surface area (Å²) < 4.78 is 27.0. The first-order valence-corrected chi connectivity index (χ1v) is 29.3. The molecule has 400 valence electrons. The molecule has 0 aromatic heterocycles. The lowest BCUT2D eigenvalue weighted by molar-refractivity contribution is -0.147. The van der Waals surface area contributed by atoms with Crippen molar-refractivity contribution in [2.75, 3.05) is 19.8 Å². The third-order valence-electron chi connectivity index (χ3n) is 12.1. The summed E-state index contributed by atoms with van der Waals surface area (Å²) in [6.45, 7) is 2.50. The highest BCUT2D eigenvalue weighted by atomic mass is 31.2. The molecule has 0 fully saturated rings. The molecule has 1 amide bonds. The Morgan fingerprint density at radius 1 is 0.478 bits per heavy atom. The number of carbonyl (C=O) groups excluding carboxylic acids is 2. The standard InChI is InChI=1S/C57H102NO10P/c1-3-5-7-9-11-13-15-17-19-21-23-25-26-27-29-30-32-34-36-38-40-42-44-46-48-55(60)58-54(57(62)63)52-68-69(64,65)67-51-53(59)50-66-56(61)49-47-45-43-41-39-37-35-33-31-28-24-22-20-18-16-14-12-10-8-6-4-2/h6,8,12,14,18,20,24,28,33,35,53-54,59H,3-5,7,9-11,13,15-17,19,21-23,25-27,29-32,34,36-52H2,1-2H3,(H,58,60)(H,62,63)(H,64,65)/b8-6-,14-12-,20-18-,28-24-,35-33-. The SMILES string of the molecule is CC/C=C\C/C=C\C/C=C\C/C=C\C/C=C\CCCCCCCC(=O)OCC(O)COP(=O)(O)OCC(NC(=O)CCCCCCCCCCCCCCCCCCCCCCCCCC)C(=O)O. The Morgan fingerprint density at radius 3 is 1.26 bits per heavy atom. The highest BCUT2D eigenvalue weighted by Gasteiger charge is 2.28. The minimum Gasteiger partial charge on any atom is -0.480 e. The van der Waals surface area contributed by atoms with E-state index >= 15 is 0 Å². The van der Waals surface area contributed by atoms with Gasteiger partial charge in [0.25, 0.3) is 0 Å². The van der Waals surface area contributed by atoms with Gasteiger partial charge in [-0.1, -0.05) is 242 Å². The van der Waals surface area contributed by atoms with E-state index in [1.54, 1.807) is 0 Å². The van der Waals surface area contributed by atoms with E-state index in [0.29, 0.717) is 12.8 Å². The third-order valence-corrected chi connectivity index (χ3v) is 13.0. The van der Waals surface area contributed by atoms with Crippen molar-refractivity contribution in [3.05, 3.63) is 60.8 Å². The Hall–Kier alpha value is -2.82. The molecule has 0 heterocycles. The molecule has 0 aliphatic heterocycles. The molecule has 0 saturated heterocycles. The summed E-state index contributed by atoms with van der Waals surface area (Å²) in [4.78, 5) is 46.2. The molecule has 69 heavy (non-hydrogen) atoms. The number of hydrogen-bond acceptors (Lipinski definition) is 8. The summed E-state index contributed by atoms with van der Waals surface area (Å²) in [7, 11) is -4.77. The first-order chi connectivity index (χ1) is 33.6. The Balaban J connectivity index is 3.81. The van der Waals surface area contributed by atoms with Crippen molar-refractivity contribution in [3.8, 4) is 0 Å². The van der Waals surface area contributed by atoms with Crippen LogP contribution in [0.25, 0.3) is 0 Å². The van der Waals surface area contributed by atoms with E-state index in [9.17, 15) is 34.1 Å². The summed E-state index contributed by atoms with van der Waals surface area (Å²) in [5.41, 5.74) is 0. The zero-order chi connectivity index (χ0) is 50.6. The predicted molar refractivity (Wildman–Crippen MR) is 286 cm³/mol. The molecule has 12 heteroatoms. The number of carboxylic acids is 1. The molecular weight excluding hydrogens is 890 g/mol. The number of hydrogen-bond donors (Lipinski definition) is 4. The molecule has 0 aromatic rings. The van der Waals surface area contributed by atoms with Crippen molar-refractivity contribution in [2.45, 2.75) is 264 Å². The lowest BCUT2D eigenvalue weighted by atomic mass is 10.0. The van der Waals surface area contributed by atoms with E-state index in [2.05, 4.69) is 79.9 Å². The number of aliphatic hydroxyl groups is 1. The van der Waals surface area contributed by atoms with Gasteiger partial charge in [0.15, 0.2) is 6.04 Å². The average molecular weight is 992 g/mol. The largest absolute Gasteiger partial charge is 0.480 e. The van der Waals surface area contributed by atoms with E-state index in [1.807, 2.05) is 0 Å². The van der Waals surface area contributed by atoms with Gasteiger partial charge >= 0.3 is 19.8 Å². The molecular formula is C57H102NO10P. The van der Waals surface area contributed by atoms with Crippen LogP contribution in [-0.2, 0) is 32.7 Å². The van der Waals surface area contributed by atoms with Crippen LogP contribution in [-0.4, -0.2) is 64.9 Å². The molecule has 0 bridgehead atoms. The Labute approximate surface area is 421 Å². The number of carbonyl (C=O) groups is 3. The first kappa shape index (κ1) is 66.2. The van der Waals surface area contributed by atoms with Gasteiger partial charge < -0.3 is 25.2 Å². The molecule has 3 atom stereocenters. The van der Waals surface area contributed by atoms with Crippen LogP contribution >= 0.6 is 7.82 Å². The zero-order valence-electron chi connectivity index (χ0n) is 43.9. The van der Waals surface area contributed by atoms with Gasteiger partial charge in [-0.05, 0) is 57.8 Å². The number of nitrogens with one attached hydrogen (secondary N) is 1. The van der Waals surface area contributed by atoms with E-state index in [1.165, 1.54) is 128 Å².